The van der Waals surface area contributed by atoms with Gasteiger partial charge >= 0.3 is 30.4 Å². The molecule has 0 aromatic heterocycles. The van der Waals surface area contributed by atoms with Gasteiger partial charge in [-0.3, -0.25) is 10.2 Å². The monoisotopic (exact) mass is 573 g/mol. The molecule has 4 N–H and O–H groups in total. The van der Waals surface area contributed by atoms with Crippen molar-refractivity contribution < 1.29 is 47.7 Å². The zero-order valence-corrected chi connectivity index (χ0v) is 23.8. The predicted molar refractivity (Wildman–Crippen MR) is 144 cm³/mol. The van der Waals surface area contributed by atoms with E-state index >= 15 is 0 Å². The van der Waals surface area contributed by atoms with Crippen LogP contribution in [0.1, 0.15) is 63.0 Å². The highest BCUT2D eigenvalue weighted by molar-refractivity contribution is 6.09. The Morgan fingerprint density at radius 2 is 1.46 bits per heavy atom. The third-order valence-electron chi connectivity index (χ3n) is 4.67. The summed E-state index contributed by atoms with van der Waals surface area (Å²) in [6.07, 6.45) is -3.71. The maximum absolute atomic E-state index is 13.1. The molecule has 0 aliphatic carbocycles. The first-order valence-corrected chi connectivity index (χ1v) is 12.5. The van der Waals surface area contributed by atoms with Gasteiger partial charge in [-0.25, -0.2) is 25.0 Å². The lowest BCUT2D eigenvalue weighted by Crippen LogP contribution is -2.40. The second-order valence-corrected chi connectivity index (χ2v) is 10.6. The molecule has 0 heterocycles. The topological polar surface area (TPSA) is 182 Å². The summed E-state index contributed by atoms with van der Waals surface area (Å²) in [5.41, 5.74) is 1.49. The fraction of sp³-hybridized carbons (Fsp3) is 0.393. The highest BCUT2D eigenvalue weighted by Gasteiger charge is 2.28. The van der Waals surface area contributed by atoms with Gasteiger partial charge in [-0.2, -0.15) is 0 Å². The van der Waals surface area contributed by atoms with E-state index in [0.717, 1.165) is 5.56 Å². The van der Waals surface area contributed by atoms with Gasteiger partial charge in [-0.05, 0) is 59.2 Å². The molecule has 0 bridgehead atoms. The fourth-order valence-electron chi connectivity index (χ4n) is 3.10. The Kier molecular flexibility index (Phi) is 11.4. The molecule has 0 saturated carbocycles. The Morgan fingerprint density at radius 3 is 2.05 bits per heavy atom. The van der Waals surface area contributed by atoms with Crippen molar-refractivity contribution in [2.75, 3.05) is 6.61 Å². The molecule has 41 heavy (non-hydrogen) atoms. The summed E-state index contributed by atoms with van der Waals surface area (Å²) in [5.74, 6) is 2.49. The molecule has 2 amide bonds. The minimum Gasteiger partial charge on any atom is -0.458 e. The number of carbonyl (C=O) groups is 5. The van der Waals surface area contributed by atoms with Crippen LogP contribution in [-0.2, 0) is 35.1 Å². The normalized spacial score (nSPS) is 12.0. The van der Waals surface area contributed by atoms with Gasteiger partial charge in [0.05, 0.1) is 0 Å². The van der Waals surface area contributed by atoms with Crippen LogP contribution in [0.5, 0.6) is 5.75 Å². The summed E-state index contributed by atoms with van der Waals surface area (Å²) >= 11 is 0. The second-order valence-electron chi connectivity index (χ2n) is 10.6. The van der Waals surface area contributed by atoms with Gasteiger partial charge in [-0.1, -0.05) is 36.4 Å². The summed E-state index contributed by atoms with van der Waals surface area (Å²) in [6.45, 7) is 9.73. The highest BCUT2D eigenvalue weighted by atomic mass is 16.7. The molecule has 0 fully saturated rings. The van der Waals surface area contributed by atoms with Crippen LogP contribution in [0.25, 0.3) is 0 Å². The van der Waals surface area contributed by atoms with E-state index in [1.807, 2.05) is 0 Å². The summed E-state index contributed by atoms with van der Waals surface area (Å²) in [4.78, 5) is 60.8. The maximum atomic E-state index is 13.1. The van der Waals surface area contributed by atoms with E-state index in [9.17, 15) is 24.0 Å². The standard InChI is InChI=1S/C28H35N3O10/c1-27(2,3)40-21(32)16-37-24(23(34)39-26(36)31-29)38-20-9-7-8-19(14-20)22(33)18-12-10-17(11-13-18)15-30-25(35)41-28(4,5)6/h7-14,24H,15-16,29H2,1-6H3,(H,30,35)(H,31,36). The summed E-state index contributed by atoms with van der Waals surface area (Å²) in [5, 5.41) is 2.64. The number of hydrogen-bond acceptors (Lipinski definition) is 11. The highest BCUT2D eigenvalue weighted by Crippen LogP contribution is 2.20. The van der Waals surface area contributed by atoms with Crippen molar-refractivity contribution >= 4 is 29.9 Å². The van der Waals surface area contributed by atoms with Crippen molar-refractivity contribution in [1.82, 2.24) is 10.7 Å². The number of ketones is 1. The van der Waals surface area contributed by atoms with Crippen LogP contribution >= 0.6 is 0 Å². The molecule has 0 aliphatic heterocycles. The molecule has 13 nitrogen and oxygen atoms in total. The number of nitrogens with one attached hydrogen (secondary N) is 2. The molecular formula is C28H35N3O10. The Hall–Kier alpha value is -4.49. The molecule has 2 rings (SSSR count). The lowest BCUT2D eigenvalue weighted by Gasteiger charge is -2.21. The van der Waals surface area contributed by atoms with E-state index < -0.39 is 48.2 Å². The van der Waals surface area contributed by atoms with Crippen molar-refractivity contribution in [1.29, 1.82) is 0 Å². The average molecular weight is 574 g/mol. The van der Waals surface area contributed by atoms with E-state index in [2.05, 4.69) is 10.1 Å². The van der Waals surface area contributed by atoms with Crippen LogP contribution < -0.4 is 21.3 Å². The van der Waals surface area contributed by atoms with Crippen molar-refractivity contribution in [3.8, 4) is 5.75 Å². The number of benzene rings is 2. The van der Waals surface area contributed by atoms with E-state index in [4.69, 9.17) is 24.8 Å². The molecule has 2 aromatic rings. The first-order valence-electron chi connectivity index (χ1n) is 12.5. The molecule has 222 valence electrons. The van der Waals surface area contributed by atoms with Crippen LogP contribution in [-0.4, -0.2) is 54.0 Å². The van der Waals surface area contributed by atoms with E-state index in [-0.39, 0.29) is 23.6 Å². The van der Waals surface area contributed by atoms with Crippen LogP contribution in [0.3, 0.4) is 0 Å². The summed E-state index contributed by atoms with van der Waals surface area (Å²) < 4.78 is 25.5. The van der Waals surface area contributed by atoms with Crippen LogP contribution in [0.4, 0.5) is 9.59 Å². The lowest BCUT2D eigenvalue weighted by atomic mass is 10.0. The smallest absolute Gasteiger partial charge is 0.429 e. The maximum Gasteiger partial charge on any atom is 0.429 e. The summed E-state index contributed by atoms with van der Waals surface area (Å²) in [7, 11) is 0. The van der Waals surface area contributed by atoms with Gasteiger partial charge in [0.2, 0.25) is 0 Å². The number of rotatable bonds is 10. The Balaban J connectivity index is 2.11. The van der Waals surface area contributed by atoms with Crippen molar-refractivity contribution in [2.24, 2.45) is 5.84 Å². The number of nitrogens with two attached hydrogens (primary N) is 1. The number of hydrazine groups is 1. The lowest BCUT2D eigenvalue weighted by molar-refractivity contribution is -0.181. The number of amides is 2. The third-order valence-corrected chi connectivity index (χ3v) is 4.67. The number of alkyl carbamates (subject to hydrolysis) is 1. The third kappa shape index (κ3) is 12.1. The molecule has 0 aliphatic rings. The fourth-order valence-corrected chi connectivity index (χ4v) is 3.10. The van der Waals surface area contributed by atoms with Crippen LogP contribution in [0.15, 0.2) is 48.5 Å². The largest absolute Gasteiger partial charge is 0.458 e. The van der Waals surface area contributed by atoms with E-state index in [1.54, 1.807) is 71.2 Å². The Morgan fingerprint density at radius 1 is 0.829 bits per heavy atom. The molecule has 13 heteroatoms. The van der Waals surface area contributed by atoms with Crippen molar-refractivity contribution in [3.63, 3.8) is 0 Å². The van der Waals surface area contributed by atoms with Gasteiger partial charge in [0.15, 0.2) is 5.78 Å². The number of esters is 2. The van der Waals surface area contributed by atoms with Crippen molar-refractivity contribution in [3.05, 3.63) is 65.2 Å². The average Bonchev–Trinajstić information content (AvgIpc) is 2.87. The van der Waals surface area contributed by atoms with Crippen molar-refractivity contribution in [2.45, 2.75) is 65.6 Å². The minimum absolute atomic E-state index is 0.00771. The Bertz CT molecular complexity index is 1250. The van der Waals surface area contributed by atoms with Gasteiger partial charge < -0.3 is 29.0 Å². The van der Waals surface area contributed by atoms with Gasteiger partial charge in [0.25, 0.3) is 0 Å². The second kappa shape index (κ2) is 14.2. The van der Waals surface area contributed by atoms with E-state index in [1.165, 1.54) is 24.3 Å². The molecule has 0 saturated heterocycles. The SMILES string of the molecule is CC(C)(C)OC(=O)COC(Oc1cccc(C(=O)c2ccc(CNC(=O)OC(C)(C)C)cc2)c1)C(=O)OC(=O)NN. The minimum atomic E-state index is -1.87. The van der Waals surface area contributed by atoms with Gasteiger partial charge in [-0.15, -0.1) is 0 Å². The Labute approximate surface area is 237 Å². The molecule has 2 aromatic carbocycles. The molecule has 1 unspecified atom stereocenters. The van der Waals surface area contributed by atoms with Crippen LogP contribution in [0.2, 0.25) is 0 Å². The number of carbonyl (C=O) groups excluding carboxylic acids is 5. The van der Waals surface area contributed by atoms with E-state index in [0.29, 0.717) is 5.56 Å². The zero-order chi connectivity index (χ0) is 30.8. The first-order chi connectivity index (χ1) is 19.1. The summed E-state index contributed by atoms with van der Waals surface area (Å²) in [6, 6.07) is 12.4. The molecule has 0 spiro atoms. The molecule has 0 radical (unpaired) electrons. The van der Waals surface area contributed by atoms with Crippen LogP contribution in [0, 0.1) is 0 Å². The quantitative estimate of drug-likeness (QED) is 0.0555. The number of hydrogen-bond donors (Lipinski definition) is 3. The predicted octanol–water partition coefficient (Wildman–Crippen LogP) is 3.13. The first kappa shape index (κ1) is 32.7. The number of ether oxygens (including phenoxy) is 5. The zero-order valence-electron chi connectivity index (χ0n) is 23.8. The molecular weight excluding hydrogens is 538 g/mol. The molecule has 1 atom stereocenters. The van der Waals surface area contributed by atoms with Gasteiger partial charge in [0.1, 0.15) is 23.6 Å². The van der Waals surface area contributed by atoms with Gasteiger partial charge in [0, 0.05) is 17.7 Å².